The lowest BCUT2D eigenvalue weighted by Gasteiger charge is -2.10. The molecule has 0 aliphatic carbocycles. The molecule has 0 amide bonds. The number of fused-ring (bicyclic) bond motifs is 1. The number of nitrogens with one attached hydrogen (secondary N) is 1. The summed E-state index contributed by atoms with van der Waals surface area (Å²) in [6.07, 6.45) is -1.43. The van der Waals surface area contributed by atoms with E-state index in [4.69, 9.17) is 11.6 Å². The van der Waals surface area contributed by atoms with Gasteiger partial charge < -0.3 is 5.32 Å². The number of alkyl halides is 3. The Hall–Kier alpha value is -2.35. The number of rotatable bonds is 2. The number of halogens is 4. The lowest BCUT2D eigenvalue weighted by molar-refractivity contribution is -0.141. The molecule has 0 aliphatic heterocycles. The maximum Gasteiger partial charge on any atom is 0.433 e. The summed E-state index contributed by atoms with van der Waals surface area (Å²) in [4.78, 5) is 7.58. The van der Waals surface area contributed by atoms with Crippen LogP contribution in [-0.4, -0.2) is 19.6 Å². The number of aromatic nitrogens is 4. The lowest BCUT2D eigenvalue weighted by atomic mass is 10.3. The minimum Gasteiger partial charge on any atom is -0.337 e. The fourth-order valence-electron chi connectivity index (χ4n) is 1.78. The van der Waals surface area contributed by atoms with Crippen LogP contribution in [0.3, 0.4) is 0 Å². The van der Waals surface area contributed by atoms with Gasteiger partial charge in [-0.25, -0.2) is 14.5 Å². The number of nitrogens with zero attached hydrogens (tertiary/aromatic N) is 4. The first-order chi connectivity index (χ1) is 9.93. The highest BCUT2D eigenvalue weighted by Gasteiger charge is 2.32. The second-order valence-corrected chi connectivity index (χ2v) is 4.49. The summed E-state index contributed by atoms with van der Waals surface area (Å²) in [6.45, 7) is 0. The fourth-order valence-corrected chi connectivity index (χ4v) is 1.97. The molecule has 0 spiro atoms. The molecule has 21 heavy (non-hydrogen) atoms. The Morgan fingerprint density at radius 2 is 2.05 bits per heavy atom. The molecule has 0 aliphatic rings. The van der Waals surface area contributed by atoms with Crippen molar-refractivity contribution in [2.45, 2.75) is 6.18 Å². The first kappa shape index (κ1) is 13.6. The van der Waals surface area contributed by atoms with Gasteiger partial charge in [-0.05, 0) is 12.1 Å². The highest BCUT2D eigenvalue weighted by atomic mass is 35.5. The van der Waals surface area contributed by atoms with Gasteiger partial charge in [-0.3, -0.25) is 0 Å². The van der Waals surface area contributed by atoms with Crippen LogP contribution in [0.25, 0.3) is 5.65 Å². The van der Waals surface area contributed by atoms with E-state index in [-0.39, 0.29) is 11.0 Å². The van der Waals surface area contributed by atoms with Crippen LogP contribution in [0.15, 0.2) is 36.7 Å². The van der Waals surface area contributed by atoms with Gasteiger partial charge in [0.1, 0.15) is 11.5 Å². The summed E-state index contributed by atoms with van der Waals surface area (Å²) in [5.74, 6) is 0.0389. The maximum absolute atomic E-state index is 12.6. The van der Waals surface area contributed by atoms with E-state index in [9.17, 15) is 13.2 Å². The van der Waals surface area contributed by atoms with Gasteiger partial charge in [0.15, 0.2) is 10.8 Å². The third kappa shape index (κ3) is 2.75. The van der Waals surface area contributed by atoms with Gasteiger partial charge in [-0.2, -0.15) is 18.3 Å². The van der Waals surface area contributed by atoms with Crippen LogP contribution >= 0.6 is 11.6 Å². The Labute approximate surface area is 121 Å². The summed E-state index contributed by atoms with van der Waals surface area (Å²) >= 11 is 5.85. The van der Waals surface area contributed by atoms with Crippen molar-refractivity contribution in [3.63, 3.8) is 0 Å². The van der Waals surface area contributed by atoms with Gasteiger partial charge in [0.2, 0.25) is 0 Å². The van der Waals surface area contributed by atoms with Gasteiger partial charge in [0.05, 0.1) is 5.69 Å². The summed E-state index contributed by atoms with van der Waals surface area (Å²) in [6, 6.07) is 5.05. The molecule has 3 aromatic heterocycles. The van der Waals surface area contributed by atoms with Crippen molar-refractivity contribution in [2.24, 2.45) is 0 Å². The smallest absolute Gasteiger partial charge is 0.337 e. The molecule has 5 nitrogen and oxygen atoms in total. The zero-order valence-corrected chi connectivity index (χ0v) is 11.0. The SMILES string of the molecule is FC(F)(F)c1cccc(Nc2cc(Cl)nn3ccnc23)n1. The first-order valence-electron chi connectivity index (χ1n) is 5.75. The van der Waals surface area contributed by atoms with Gasteiger partial charge in [-0.1, -0.05) is 17.7 Å². The molecular weight excluding hydrogens is 307 g/mol. The molecule has 0 fully saturated rings. The quantitative estimate of drug-likeness (QED) is 0.786. The average molecular weight is 314 g/mol. The Morgan fingerprint density at radius 3 is 2.81 bits per heavy atom. The van der Waals surface area contributed by atoms with Crippen molar-refractivity contribution in [3.8, 4) is 0 Å². The number of hydrogen-bond acceptors (Lipinski definition) is 4. The largest absolute Gasteiger partial charge is 0.433 e. The van der Waals surface area contributed by atoms with Crippen molar-refractivity contribution in [2.75, 3.05) is 5.32 Å². The van der Waals surface area contributed by atoms with Crippen LogP contribution in [0.2, 0.25) is 5.15 Å². The van der Waals surface area contributed by atoms with E-state index in [0.29, 0.717) is 11.3 Å². The molecule has 3 heterocycles. The second kappa shape index (κ2) is 4.88. The Morgan fingerprint density at radius 1 is 1.24 bits per heavy atom. The van der Waals surface area contributed by atoms with E-state index >= 15 is 0 Å². The average Bonchev–Trinajstić information content (AvgIpc) is 2.86. The fraction of sp³-hybridized carbons (Fsp3) is 0.0833. The molecule has 1 N–H and O–H groups in total. The monoisotopic (exact) mass is 313 g/mol. The van der Waals surface area contributed by atoms with E-state index in [0.717, 1.165) is 6.07 Å². The number of imidazole rings is 1. The molecule has 108 valence electrons. The van der Waals surface area contributed by atoms with Gasteiger partial charge in [-0.15, -0.1) is 0 Å². The summed E-state index contributed by atoms with van der Waals surface area (Å²) < 4.78 is 39.3. The van der Waals surface area contributed by atoms with E-state index in [1.54, 1.807) is 6.20 Å². The van der Waals surface area contributed by atoms with Crippen LogP contribution in [0.5, 0.6) is 0 Å². The lowest BCUT2D eigenvalue weighted by Crippen LogP contribution is -2.09. The van der Waals surface area contributed by atoms with Gasteiger partial charge in [0, 0.05) is 18.5 Å². The van der Waals surface area contributed by atoms with Crippen molar-refractivity contribution in [1.29, 1.82) is 0 Å². The molecule has 0 aromatic carbocycles. The Kier molecular flexibility index (Phi) is 3.17. The maximum atomic E-state index is 12.6. The standard InChI is InChI=1S/C12H7ClF3N5/c13-9-6-7(11-17-4-5-21(11)20-9)18-10-3-1-2-8(19-10)12(14,15)16/h1-6H,(H,18,19). The van der Waals surface area contributed by atoms with Crippen LogP contribution in [0.4, 0.5) is 24.7 Å². The number of pyridine rings is 1. The molecular formula is C12H7ClF3N5. The van der Waals surface area contributed by atoms with E-state index in [1.807, 2.05) is 0 Å². The molecule has 0 unspecified atom stereocenters. The first-order valence-corrected chi connectivity index (χ1v) is 6.12. The van der Waals surface area contributed by atoms with Crippen LogP contribution < -0.4 is 5.32 Å². The van der Waals surface area contributed by atoms with Crippen LogP contribution in [0.1, 0.15) is 5.69 Å². The molecule has 9 heteroatoms. The number of anilines is 2. The Balaban J connectivity index is 2.01. The minimum atomic E-state index is -4.50. The predicted molar refractivity (Wildman–Crippen MR) is 70.5 cm³/mol. The van der Waals surface area contributed by atoms with Crippen molar-refractivity contribution in [3.05, 3.63) is 47.5 Å². The summed E-state index contributed by atoms with van der Waals surface area (Å²) in [5.41, 5.74) is -0.141. The van der Waals surface area contributed by atoms with Gasteiger partial charge in [0.25, 0.3) is 0 Å². The van der Waals surface area contributed by atoms with Gasteiger partial charge >= 0.3 is 6.18 Å². The molecule has 0 saturated heterocycles. The van der Waals surface area contributed by atoms with Crippen LogP contribution in [0, 0.1) is 0 Å². The minimum absolute atomic E-state index is 0.0389. The molecule has 0 saturated carbocycles. The van der Waals surface area contributed by atoms with E-state index < -0.39 is 11.9 Å². The second-order valence-electron chi connectivity index (χ2n) is 4.11. The molecule has 0 atom stereocenters. The highest BCUT2D eigenvalue weighted by Crippen LogP contribution is 2.29. The molecule has 3 rings (SSSR count). The topological polar surface area (TPSA) is 55.1 Å². The predicted octanol–water partition coefficient (Wildman–Crippen LogP) is 3.54. The normalized spacial score (nSPS) is 11.8. The Bertz CT molecular complexity index is 799. The van der Waals surface area contributed by atoms with E-state index in [2.05, 4.69) is 20.4 Å². The number of hydrogen-bond donors (Lipinski definition) is 1. The molecule has 3 aromatic rings. The molecule has 0 radical (unpaired) electrons. The third-order valence-corrected chi connectivity index (χ3v) is 2.82. The molecule has 0 bridgehead atoms. The third-order valence-electron chi connectivity index (χ3n) is 2.63. The van der Waals surface area contributed by atoms with E-state index in [1.165, 1.54) is 28.9 Å². The van der Waals surface area contributed by atoms with Crippen molar-refractivity contribution in [1.82, 2.24) is 19.6 Å². The van der Waals surface area contributed by atoms with Crippen LogP contribution in [-0.2, 0) is 6.18 Å². The summed E-state index contributed by atoms with van der Waals surface area (Å²) in [5, 5.41) is 6.92. The zero-order chi connectivity index (χ0) is 15.0. The van der Waals surface area contributed by atoms with Crippen molar-refractivity contribution >= 4 is 28.8 Å². The summed E-state index contributed by atoms with van der Waals surface area (Å²) in [7, 11) is 0. The highest BCUT2D eigenvalue weighted by molar-refractivity contribution is 6.29. The van der Waals surface area contributed by atoms with Crippen molar-refractivity contribution < 1.29 is 13.2 Å². The zero-order valence-electron chi connectivity index (χ0n) is 10.3.